The molecule has 0 N–H and O–H groups in total. The van der Waals surface area contributed by atoms with Gasteiger partial charge < -0.3 is 0 Å². The molecule has 0 spiro atoms. The molecular formula is C22H23N5S2. The molecule has 0 bridgehead atoms. The van der Waals surface area contributed by atoms with Crippen molar-refractivity contribution in [2.24, 2.45) is 0 Å². The Hall–Kier alpha value is -2.35. The Morgan fingerprint density at radius 1 is 1.07 bits per heavy atom. The summed E-state index contributed by atoms with van der Waals surface area (Å²) in [5.41, 5.74) is 2.15. The fourth-order valence-electron chi connectivity index (χ4n) is 4.13. The molecule has 2 aromatic heterocycles. The molecular weight excluding hydrogens is 398 g/mol. The number of rotatable bonds is 4. The van der Waals surface area contributed by atoms with E-state index in [1.807, 2.05) is 45.7 Å². The molecule has 1 atom stereocenters. The number of hydrogen-bond acceptors (Lipinski definition) is 5. The second-order valence-electron chi connectivity index (χ2n) is 7.49. The van der Waals surface area contributed by atoms with Crippen molar-refractivity contribution in [2.75, 3.05) is 6.54 Å². The van der Waals surface area contributed by atoms with Crippen molar-refractivity contribution in [1.29, 1.82) is 0 Å². The molecule has 7 heteroatoms. The van der Waals surface area contributed by atoms with Gasteiger partial charge in [0.2, 0.25) is 4.77 Å². The highest BCUT2D eigenvalue weighted by Crippen LogP contribution is 2.35. The topological polar surface area (TPSA) is 38.9 Å². The lowest BCUT2D eigenvalue weighted by Gasteiger charge is -2.34. The fourth-order valence-corrected chi connectivity index (χ4v) is 5.60. The van der Waals surface area contributed by atoms with Crippen LogP contribution < -0.4 is 0 Å². The lowest BCUT2D eigenvalue weighted by molar-refractivity contribution is 0.103. The number of para-hydroxylation sites is 2. The standard InChI is InChI=1S/C22H23N5S2/c1-16-24-26(22(28)27(16)17-9-3-2-4-10-17)15-25-14-8-7-12-19(25)21-23-18-11-5-6-13-20(18)29-21/h2-6,9-11,13,19H,7-8,12,14-15H2,1H3. The Bertz CT molecular complexity index is 1160. The summed E-state index contributed by atoms with van der Waals surface area (Å²) in [6.07, 6.45) is 3.57. The number of hydrogen-bond donors (Lipinski definition) is 0. The Kier molecular flexibility index (Phi) is 5.03. The van der Waals surface area contributed by atoms with Crippen molar-refractivity contribution in [3.8, 4) is 5.69 Å². The van der Waals surface area contributed by atoms with Crippen LogP contribution in [-0.4, -0.2) is 30.8 Å². The molecule has 148 valence electrons. The number of benzene rings is 2. The maximum absolute atomic E-state index is 5.79. The summed E-state index contributed by atoms with van der Waals surface area (Å²) in [5, 5.41) is 5.97. The van der Waals surface area contributed by atoms with E-state index in [2.05, 4.69) is 41.3 Å². The molecule has 0 radical (unpaired) electrons. The van der Waals surface area contributed by atoms with Crippen molar-refractivity contribution in [3.63, 3.8) is 0 Å². The molecule has 5 nitrogen and oxygen atoms in total. The zero-order valence-electron chi connectivity index (χ0n) is 16.4. The van der Waals surface area contributed by atoms with Crippen LogP contribution in [0.4, 0.5) is 0 Å². The molecule has 2 aromatic carbocycles. The first-order valence-electron chi connectivity index (χ1n) is 10.0. The minimum Gasteiger partial charge on any atom is -0.275 e. The third-order valence-corrected chi connectivity index (χ3v) is 7.07. The average Bonchev–Trinajstić information content (AvgIpc) is 3.30. The molecule has 1 saturated heterocycles. The number of nitrogens with zero attached hydrogens (tertiary/aromatic N) is 5. The summed E-state index contributed by atoms with van der Waals surface area (Å²) >= 11 is 7.61. The van der Waals surface area contributed by atoms with Crippen LogP contribution in [0.25, 0.3) is 15.9 Å². The Balaban J connectivity index is 1.46. The van der Waals surface area contributed by atoms with Gasteiger partial charge >= 0.3 is 0 Å². The van der Waals surface area contributed by atoms with Gasteiger partial charge in [-0.05, 0) is 56.2 Å². The number of fused-ring (bicyclic) bond motifs is 1. The monoisotopic (exact) mass is 421 g/mol. The van der Waals surface area contributed by atoms with Gasteiger partial charge in [0, 0.05) is 12.2 Å². The average molecular weight is 422 g/mol. The fraction of sp³-hybridized carbons (Fsp3) is 0.318. The highest BCUT2D eigenvalue weighted by molar-refractivity contribution is 7.71. The number of piperidine rings is 1. The summed E-state index contributed by atoms with van der Waals surface area (Å²) < 4.78 is 6.01. The third-order valence-electron chi connectivity index (χ3n) is 5.54. The third kappa shape index (κ3) is 3.54. The molecule has 3 heterocycles. The molecule has 0 aliphatic carbocycles. The number of thiazole rings is 1. The first-order valence-corrected chi connectivity index (χ1v) is 11.2. The normalized spacial score (nSPS) is 17.8. The zero-order valence-corrected chi connectivity index (χ0v) is 18.0. The largest absolute Gasteiger partial charge is 0.275 e. The van der Waals surface area contributed by atoms with E-state index >= 15 is 0 Å². The molecule has 0 amide bonds. The van der Waals surface area contributed by atoms with E-state index in [1.165, 1.54) is 22.5 Å². The zero-order chi connectivity index (χ0) is 19.8. The van der Waals surface area contributed by atoms with Crippen molar-refractivity contribution in [3.05, 3.63) is 70.2 Å². The molecule has 1 fully saturated rings. The van der Waals surface area contributed by atoms with Crippen LogP contribution in [0.3, 0.4) is 0 Å². The summed E-state index contributed by atoms with van der Waals surface area (Å²) in [5.74, 6) is 0.912. The van der Waals surface area contributed by atoms with Crippen LogP contribution >= 0.6 is 23.6 Å². The van der Waals surface area contributed by atoms with Crippen LogP contribution in [0.5, 0.6) is 0 Å². The minimum atomic E-state index is 0.324. The molecule has 1 aliphatic heterocycles. The van der Waals surface area contributed by atoms with Gasteiger partial charge in [-0.15, -0.1) is 11.3 Å². The molecule has 29 heavy (non-hydrogen) atoms. The van der Waals surface area contributed by atoms with Gasteiger partial charge in [-0.2, -0.15) is 5.10 Å². The number of aromatic nitrogens is 4. The maximum atomic E-state index is 5.79. The van der Waals surface area contributed by atoms with E-state index in [0.717, 1.165) is 34.8 Å². The van der Waals surface area contributed by atoms with Gasteiger partial charge in [-0.1, -0.05) is 36.8 Å². The van der Waals surface area contributed by atoms with E-state index < -0.39 is 0 Å². The predicted molar refractivity (Wildman–Crippen MR) is 120 cm³/mol. The Labute approximate surface area is 179 Å². The molecule has 5 rings (SSSR count). The summed E-state index contributed by atoms with van der Waals surface area (Å²) in [6.45, 7) is 3.75. The van der Waals surface area contributed by atoms with Crippen molar-refractivity contribution < 1.29 is 0 Å². The minimum absolute atomic E-state index is 0.324. The van der Waals surface area contributed by atoms with Crippen molar-refractivity contribution in [2.45, 2.75) is 38.9 Å². The first-order chi connectivity index (χ1) is 14.2. The van der Waals surface area contributed by atoms with Crippen LogP contribution in [-0.2, 0) is 6.67 Å². The van der Waals surface area contributed by atoms with Gasteiger partial charge in [0.05, 0.1) is 22.9 Å². The van der Waals surface area contributed by atoms with Gasteiger partial charge in [0.15, 0.2) is 0 Å². The highest BCUT2D eigenvalue weighted by atomic mass is 32.1. The van der Waals surface area contributed by atoms with Gasteiger partial charge in [0.1, 0.15) is 10.8 Å². The lowest BCUT2D eigenvalue weighted by atomic mass is 10.0. The van der Waals surface area contributed by atoms with Crippen molar-refractivity contribution in [1.82, 2.24) is 24.2 Å². The first kappa shape index (κ1) is 18.7. The molecule has 0 saturated carbocycles. The predicted octanol–water partition coefficient (Wildman–Crippen LogP) is 5.51. The Morgan fingerprint density at radius 3 is 2.69 bits per heavy atom. The number of likely N-dealkylation sites (tertiary alicyclic amines) is 1. The second-order valence-corrected chi connectivity index (χ2v) is 8.91. The van der Waals surface area contributed by atoms with Crippen molar-refractivity contribution >= 4 is 33.8 Å². The second kappa shape index (κ2) is 7.82. The van der Waals surface area contributed by atoms with E-state index in [4.69, 9.17) is 22.3 Å². The van der Waals surface area contributed by atoms with E-state index in [9.17, 15) is 0 Å². The van der Waals surface area contributed by atoms with Gasteiger partial charge in [-0.3, -0.25) is 9.47 Å². The molecule has 1 unspecified atom stereocenters. The molecule has 4 aromatic rings. The highest BCUT2D eigenvalue weighted by Gasteiger charge is 2.27. The summed E-state index contributed by atoms with van der Waals surface area (Å²) in [6, 6.07) is 18.9. The SMILES string of the molecule is Cc1nn(CN2CCCCC2c2nc3ccccc3s2)c(=S)n1-c1ccccc1. The van der Waals surface area contributed by atoms with Crippen LogP contribution in [0.1, 0.15) is 36.1 Å². The van der Waals surface area contributed by atoms with E-state index in [-0.39, 0.29) is 0 Å². The van der Waals surface area contributed by atoms with Crippen LogP contribution in [0, 0.1) is 11.7 Å². The smallest absolute Gasteiger partial charge is 0.203 e. The lowest BCUT2D eigenvalue weighted by Crippen LogP contribution is -2.35. The molecule has 1 aliphatic rings. The summed E-state index contributed by atoms with van der Waals surface area (Å²) in [4.78, 5) is 7.42. The number of aryl methyl sites for hydroxylation is 1. The van der Waals surface area contributed by atoms with E-state index in [1.54, 1.807) is 0 Å². The quantitative estimate of drug-likeness (QED) is 0.408. The summed E-state index contributed by atoms with van der Waals surface area (Å²) in [7, 11) is 0. The maximum Gasteiger partial charge on any atom is 0.203 e. The van der Waals surface area contributed by atoms with Crippen LogP contribution in [0.2, 0.25) is 0 Å². The van der Waals surface area contributed by atoms with E-state index in [0.29, 0.717) is 12.7 Å². The van der Waals surface area contributed by atoms with Crippen LogP contribution in [0.15, 0.2) is 54.6 Å². The van der Waals surface area contributed by atoms with Gasteiger partial charge in [-0.25, -0.2) is 9.67 Å². The van der Waals surface area contributed by atoms with Gasteiger partial charge in [0.25, 0.3) is 0 Å². The Morgan fingerprint density at radius 2 is 1.86 bits per heavy atom.